The van der Waals surface area contributed by atoms with Crippen molar-refractivity contribution in [3.05, 3.63) is 106 Å². The molecular formula is C25H19ClFNO3. The number of nitrogens with one attached hydrogen (secondary N) is 1. The normalized spacial score (nSPS) is 10.8. The number of carbonyl (C=O) groups is 1. The largest absolute Gasteiger partial charge is 0.488 e. The van der Waals surface area contributed by atoms with Gasteiger partial charge in [-0.3, -0.25) is 0 Å². The molecule has 4 rings (SSSR count). The molecule has 6 heteroatoms. The molecule has 0 saturated carbocycles. The Bertz CT molecular complexity index is 1220. The molecule has 156 valence electrons. The lowest BCUT2D eigenvalue weighted by Crippen LogP contribution is -2.06. The number of ether oxygens (including phenoxy) is 1. The van der Waals surface area contributed by atoms with E-state index in [2.05, 4.69) is 5.32 Å². The maximum Gasteiger partial charge on any atom is 0.335 e. The number of hydrogen-bond acceptors (Lipinski definition) is 3. The predicted octanol–water partition coefficient (Wildman–Crippen LogP) is 6.52. The number of carboxylic acids is 1. The quantitative estimate of drug-likeness (QED) is 0.347. The molecule has 0 fully saturated rings. The van der Waals surface area contributed by atoms with Crippen LogP contribution in [0, 0.1) is 5.82 Å². The summed E-state index contributed by atoms with van der Waals surface area (Å²) in [7, 11) is 0. The Morgan fingerprint density at radius 1 is 0.935 bits per heavy atom. The van der Waals surface area contributed by atoms with Gasteiger partial charge < -0.3 is 15.2 Å². The van der Waals surface area contributed by atoms with Crippen LogP contribution in [0.4, 0.5) is 10.1 Å². The summed E-state index contributed by atoms with van der Waals surface area (Å²) in [4.78, 5) is 11.0. The zero-order chi connectivity index (χ0) is 21.8. The molecule has 4 aromatic rings. The van der Waals surface area contributed by atoms with Crippen molar-refractivity contribution in [1.82, 2.24) is 0 Å². The van der Waals surface area contributed by atoms with Crippen molar-refractivity contribution in [3.8, 4) is 5.75 Å². The minimum atomic E-state index is -0.969. The Balaban J connectivity index is 1.61. The van der Waals surface area contributed by atoms with Crippen molar-refractivity contribution in [2.75, 3.05) is 5.32 Å². The minimum Gasteiger partial charge on any atom is -0.488 e. The molecule has 0 heterocycles. The molecule has 4 nitrogen and oxygen atoms in total. The maximum absolute atomic E-state index is 14.1. The molecular weight excluding hydrogens is 417 g/mol. The standard InChI is InChI=1S/C25H19ClFNO3/c26-22-6-3-7-23(27)21(22)15-31-24-13-10-16-4-1-2-5-19(16)20(24)14-28-18-11-8-17(9-12-18)25(29)30/h1-13,28H,14-15H2,(H,29,30). The van der Waals surface area contributed by atoms with E-state index in [4.69, 9.17) is 21.4 Å². The van der Waals surface area contributed by atoms with Gasteiger partial charge in [0.05, 0.1) is 10.6 Å². The van der Waals surface area contributed by atoms with Gasteiger partial charge in [0.1, 0.15) is 18.2 Å². The maximum atomic E-state index is 14.1. The number of aromatic carboxylic acids is 1. The Labute approximate surface area is 183 Å². The summed E-state index contributed by atoms with van der Waals surface area (Å²) < 4.78 is 20.1. The van der Waals surface area contributed by atoms with Crippen LogP contribution in [0.5, 0.6) is 5.75 Å². The highest BCUT2D eigenvalue weighted by Gasteiger charge is 2.12. The summed E-state index contributed by atoms with van der Waals surface area (Å²) in [5.74, 6) is -0.762. The number of carboxylic acid groups (broad SMARTS) is 1. The lowest BCUT2D eigenvalue weighted by Gasteiger charge is -2.16. The summed E-state index contributed by atoms with van der Waals surface area (Å²) in [6, 6.07) is 22.8. The van der Waals surface area contributed by atoms with Crippen molar-refractivity contribution in [1.29, 1.82) is 0 Å². The SMILES string of the molecule is O=C(O)c1ccc(NCc2c(OCc3c(F)cccc3Cl)ccc3ccccc23)cc1. The molecule has 0 unspecified atom stereocenters. The van der Waals surface area contributed by atoms with Gasteiger partial charge in [0.25, 0.3) is 0 Å². The third-order valence-electron chi connectivity index (χ3n) is 5.03. The number of benzene rings is 4. The Morgan fingerprint density at radius 3 is 2.45 bits per heavy atom. The molecule has 0 bridgehead atoms. The Morgan fingerprint density at radius 2 is 1.71 bits per heavy atom. The number of anilines is 1. The molecule has 0 aliphatic heterocycles. The van der Waals surface area contributed by atoms with Gasteiger partial charge in [-0.05, 0) is 53.2 Å². The average molecular weight is 436 g/mol. The van der Waals surface area contributed by atoms with Gasteiger partial charge in [0, 0.05) is 23.4 Å². The van der Waals surface area contributed by atoms with E-state index in [0.717, 1.165) is 22.0 Å². The molecule has 0 amide bonds. The molecule has 0 aromatic heterocycles. The molecule has 2 N–H and O–H groups in total. The predicted molar refractivity (Wildman–Crippen MR) is 120 cm³/mol. The van der Waals surface area contributed by atoms with Crippen LogP contribution in [-0.4, -0.2) is 11.1 Å². The summed E-state index contributed by atoms with van der Waals surface area (Å²) >= 11 is 6.13. The molecule has 31 heavy (non-hydrogen) atoms. The zero-order valence-corrected chi connectivity index (χ0v) is 17.2. The molecule has 0 aliphatic rings. The fraction of sp³-hybridized carbons (Fsp3) is 0.0800. The van der Waals surface area contributed by atoms with Crippen LogP contribution in [0.2, 0.25) is 5.02 Å². The second-order valence-corrected chi connectivity index (χ2v) is 7.40. The highest BCUT2D eigenvalue weighted by atomic mass is 35.5. The van der Waals surface area contributed by atoms with E-state index in [1.165, 1.54) is 6.07 Å². The molecule has 0 radical (unpaired) electrons. The van der Waals surface area contributed by atoms with Crippen molar-refractivity contribution < 1.29 is 19.0 Å². The van der Waals surface area contributed by atoms with Crippen LogP contribution in [0.1, 0.15) is 21.5 Å². The van der Waals surface area contributed by atoms with Gasteiger partial charge >= 0.3 is 5.97 Å². The molecule has 0 saturated heterocycles. The van der Waals surface area contributed by atoms with E-state index < -0.39 is 11.8 Å². The first-order valence-electron chi connectivity index (χ1n) is 9.66. The van der Waals surface area contributed by atoms with Gasteiger partial charge in [0.2, 0.25) is 0 Å². The number of hydrogen-bond donors (Lipinski definition) is 2. The van der Waals surface area contributed by atoms with E-state index in [1.807, 2.05) is 36.4 Å². The third-order valence-corrected chi connectivity index (χ3v) is 5.39. The highest BCUT2D eigenvalue weighted by molar-refractivity contribution is 6.31. The smallest absolute Gasteiger partial charge is 0.335 e. The van der Waals surface area contributed by atoms with Crippen molar-refractivity contribution in [2.24, 2.45) is 0 Å². The first kappa shape index (κ1) is 20.7. The van der Waals surface area contributed by atoms with E-state index in [9.17, 15) is 9.18 Å². The molecule has 4 aromatic carbocycles. The summed E-state index contributed by atoms with van der Waals surface area (Å²) in [5.41, 5.74) is 2.22. The Kier molecular flexibility index (Phi) is 6.05. The van der Waals surface area contributed by atoms with Crippen LogP contribution in [0.3, 0.4) is 0 Å². The van der Waals surface area contributed by atoms with Gasteiger partial charge in [-0.15, -0.1) is 0 Å². The molecule has 0 spiro atoms. The van der Waals surface area contributed by atoms with Crippen molar-refractivity contribution in [2.45, 2.75) is 13.2 Å². The highest BCUT2D eigenvalue weighted by Crippen LogP contribution is 2.30. The number of fused-ring (bicyclic) bond motifs is 1. The minimum absolute atomic E-state index is 0.00412. The van der Waals surface area contributed by atoms with Gasteiger partial charge in [-0.25, -0.2) is 9.18 Å². The Hall–Kier alpha value is -3.57. The average Bonchev–Trinajstić information content (AvgIpc) is 2.78. The fourth-order valence-corrected chi connectivity index (χ4v) is 3.59. The monoisotopic (exact) mass is 435 g/mol. The van der Waals surface area contributed by atoms with E-state index in [-0.39, 0.29) is 12.2 Å². The van der Waals surface area contributed by atoms with Crippen molar-refractivity contribution in [3.63, 3.8) is 0 Å². The zero-order valence-electron chi connectivity index (χ0n) is 16.4. The number of halogens is 2. The second-order valence-electron chi connectivity index (χ2n) is 6.99. The molecule has 0 aliphatic carbocycles. The topological polar surface area (TPSA) is 58.6 Å². The van der Waals surface area contributed by atoms with Crippen LogP contribution in [0.15, 0.2) is 78.9 Å². The summed E-state index contributed by atoms with van der Waals surface area (Å²) in [5, 5.41) is 14.7. The fourth-order valence-electron chi connectivity index (χ4n) is 3.37. The first-order valence-corrected chi connectivity index (χ1v) is 10.0. The summed E-state index contributed by atoms with van der Waals surface area (Å²) in [6.45, 7) is 0.443. The molecule has 0 atom stereocenters. The van der Waals surface area contributed by atoms with Crippen LogP contribution in [-0.2, 0) is 13.2 Å². The van der Waals surface area contributed by atoms with Gasteiger partial charge in [-0.2, -0.15) is 0 Å². The lowest BCUT2D eigenvalue weighted by molar-refractivity contribution is 0.0697. The van der Waals surface area contributed by atoms with Crippen LogP contribution in [0.25, 0.3) is 10.8 Å². The van der Waals surface area contributed by atoms with Gasteiger partial charge in [0.15, 0.2) is 0 Å². The second kappa shape index (κ2) is 9.06. The van der Waals surface area contributed by atoms with E-state index in [0.29, 0.717) is 22.9 Å². The first-order chi connectivity index (χ1) is 15.0. The van der Waals surface area contributed by atoms with E-state index >= 15 is 0 Å². The van der Waals surface area contributed by atoms with Crippen molar-refractivity contribution >= 4 is 34.0 Å². The van der Waals surface area contributed by atoms with Gasteiger partial charge in [-0.1, -0.05) is 48.0 Å². The lowest BCUT2D eigenvalue weighted by atomic mass is 10.0. The van der Waals surface area contributed by atoms with Crippen LogP contribution < -0.4 is 10.1 Å². The van der Waals surface area contributed by atoms with E-state index in [1.54, 1.807) is 36.4 Å². The summed E-state index contributed by atoms with van der Waals surface area (Å²) in [6.07, 6.45) is 0. The third kappa shape index (κ3) is 4.62. The number of rotatable bonds is 7. The van der Waals surface area contributed by atoms with Crippen LogP contribution >= 0.6 is 11.6 Å².